The molecule has 0 heterocycles. The molecular formula is C18H30NO10RfSi. The van der Waals surface area contributed by atoms with Crippen molar-refractivity contribution in [1.29, 1.82) is 0 Å². The number of hydrogen-bond acceptors (Lipinski definition) is 10. The predicted molar refractivity (Wildman–Crippen MR) is 109 cm³/mol. The van der Waals surface area contributed by atoms with Gasteiger partial charge in [-0.25, -0.2) is 0 Å². The van der Waals surface area contributed by atoms with Gasteiger partial charge in [0.2, 0.25) is 0 Å². The Morgan fingerprint density at radius 1 is 0.871 bits per heavy atom. The average molecular weight is 716 g/mol. The van der Waals surface area contributed by atoms with Gasteiger partial charge in [-0.2, -0.15) is 0 Å². The van der Waals surface area contributed by atoms with Crippen LogP contribution in [0, 0.1) is 10.1 Å². The van der Waals surface area contributed by atoms with E-state index in [9.17, 15) is 10.1 Å². The molecule has 0 radical (unpaired) electrons. The molecule has 13 heteroatoms. The Hall–Kier alpha value is -3.12. The molecule has 173 valence electrons. The molecule has 0 spiro atoms. The van der Waals surface area contributed by atoms with Crippen molar-refractivity contribution in [2.75, 3.05) is 56.4 Å². The SMILES string of the molecule is COc1c(COCCCC[Si](OC)(OC)OC)c([N+](=O)[O-])c(OC)c(O[CH2][Rf])c1OC. The summed E-state index contributed by atoms with van der Waals surface area (Å²) in [5.41, 5.74) is -0.0363. The summed E-state index contributed by atoms with van der Waals surface area (Å²) < 4.78 is 44.0. The van der Waals surface area contributed by atoms with Crippen LogP contribution in [0.2, 0.25) is 6.04 Å². The van der Waals surface area contributed by atoms with Gasteiger partial charge in [0.05, 0.1) is 0 Å². The molecule has 1 aromatic carbocycles. The topological polar surface area (TPSA) is 117 Å². The number of methoxy groups -OCH3 is 3. The van der Waals surface area contributed by atoms with Gasteiger partial charge in [0.1, 0.15) is 0 Å². The Labute approximate surface area is 177 Å². The number of benzene rings is 1. The Kier molecular flexibility index (Phi) is 10.5. The molecule has 1 rings (SSSR count). The van der Waals surface area contributed by atoms with Gasteiger partial charge < -0.3 is 13.3 Å². The van der Waals surface area contributed by atoms with Crippen LogP contribution in [0.15, 0.2) is 0 Å². The van der Waals surface area contributed by atoms with Gasteiger partial charge in [0.25, 0.3) is 0 Å². The number of ether oxygens (including phenoxy) is 5. The second-order valence-corrected chi connectivity index (χ2v) is 11.1. The monoisotopic (exact) mass is 715 g/mol. The molecule has 1 aromatic rings. The Bertz CT molecular complexity index is 709. The quantitative estimate of drug-likeness (QED) is 0.110. The van der Waals surface area contributed by atoms with Crippen LogP contribution in [-0.4, -0.2) is 70.1 Å². The summed E-state index contributed by atoms with van der Waals surface area (Å²) in [6.07, 6.45) is 1.45. The maximum atomic E-state index is 11.9. The molecule has 0 aliphatic heterocycles. The summed E-state index contributed by atoms with van der Waals surface area (Å²) in [6.45, 7) is 0.313. The first-order valence-electron chi connectivity index (χ1n) is 9.54. The van der Waals surface area contributed by atoms with Gasteiger partial charge in [0, 0.05) is 21.3 Å². The summed E-state index contributed by atoms with van der Waals surface area (Å²) in [5, 5.41) is 11.9. The van der Waals surface area contributed by atoms with Crippen LogP contribution in [0.3, 0.4) is 0 Å². The number of nitro groups is 1. The minimum absolute atomic E-state index is 0.00897. The summed E-state index contributed by atoms with van der Waals surface area (Å²) in [4.78, 5) is 11.3. The first-order valence-corrected chi connectivity index (χ1v) is 16.0. The Morgan fingerprint density at radius 3 is 1.90 bits per heavy atom. The van der Waals surface area contributed by atoms with E-state index in [4.69, 9.17) is 37.0 Å². The number of unbranched alkanes of at least 4 members (excludes halogenated alkanes) is 1. The van der Waals surface area contributed by atoms with Crippen molar-refractivity contribution in [3.63, 3.8) is 0 Å². The number of rotatable bonds is 16. The van der Waals surface area contributed by atoms with E-state index in [0.717, 1.165) is 6.42 Å². The van der Waals surface area contributed by atoms with Crippen LogP contribution in [-0.2, 0) is 24.6 Å². The summed E-state index contributed by atoms with van der Waals surface area (Å²) in [5.74, 6) is 0.590. The zero-order valence-corrected chi connectivity index (χ0v) is 26.4. The number of nitro benzene ring substituents is 1. The zero-order chi connectivity index (χ0) is 23.4. The van der Waals surface area contributed by atoms with E-state index in [1.165, 1.54) is 21.3 Å². The first kappa shape index (κ1) is 25.9. The van der Waals surface area contributed by atoms with Gasteiger partial charge in [-0.3, -0.25) is 0 Å². The summed E-state index contributed by atoms with van der Waals surface area (Å²) in [6, 6.07) is 0.638. The molecule has 0 saturated carbocycles. The first-order chi connectivity index (χ1) is 14.9. The van der Waals surface area contributed by atoms with Crippen LogP contribution in [0.4, 0.5) is 5.69 Å². The zero-order valence-electron chi connectivity index (χ0n) is 19.0. The second kappa shape index (κ2) is 12.5. The van der Waals surface area contributed by atoms with Crippen molar-refractivity contribution in [2.24, 2.45) is 0 Å². The van der Waals surface area contributed by atoms with Gasteiger partial charge in [0.15, 0.2) is 0 Å². The molecule has 0 bridgehead atoms. The molecule has 11 nitrogen and oxygen atoms in total. The van der Waals surface area contributed by atoms with Crippen molar-refractivity contribution in [3.8, 4) is 23.0 Å². The van der Waals surface area contributed by atoms with Gasteiger partial charge >= 0.3 is 142 Å². The standard InChI is InChI=1S/C18H30NO10Si.Rf/c1-22-15-13(12-29-10-8-9-11-30(26-5,27-6)28-7)14(19(20)21)16(23-2)18(25-4)17(15)24-3;/h4,8-12H2,1-3,5-7H3;. The molecular weight excluding hydrogens is 685 g/mol. The molecule has 0 N–H and O–H groups in total. The van der Waals surface area contributed by atoms with Gasteiger partial charge in [-0.15, -0.1) is 0 Å². The molecule has 0 fully saturated rings. The maximum absolute atomic E-state index is 11.9. The fourth-order valence-electron chi connectivity index (χ4n) is 3.12. The third-order valence-corrected chi connectivity index (χ3v) is 8.39. The van der Waals surface area contributed by atoms with Crippen molar-refractivity contribution in [1.82, 2.24) is 0 Å². The van der Waals surface area contributed by atoms with Crippen LogP contribution in [0.1, 0.15) is 18.4 Å². The fraction of sp³-hybridized carbons (Fsp3) is 0.667. The summed E-state index contributed by atoms with van der Waals surface area (Å²) >= 11 is 0. The molecule has 0 aliphatic carbocycles. The van der Waals surface area contributed by atoms with E-state index in [-0.39, 0.29) is 40.9 Å². The third kappa shape index (κ3) is 5.95. The van der Waals surface area contributed by atoms with Crippen LogP contribution in [0.25, 0.3) is 0 Å². The fourth-order valence-corrected chi connectivity index (χ4v) is 5.84. The van der Waals surface area contributed by atoms with E-state index in [1.54, 1.807) is 21.3 Å². The molecule has 0 atom stereocenters. The van der Waals surface area contributed by atoms with Crippen LogP contribution < -0.4 is 18.9 Å². The number of nitrogens with zero attached hydrogens (tertiary/aromatic N) is 1. The molecule has 0 aliphatic rings. The normalized spacial score (nSPS) is 11.4. The van der Waals surface area contributed by atoms with Crippen molar-refractivity contribution >= 4 is 14.5 Å². The molecule has 0 unspecified atom stereocenters. The molecule has 31 heavy (non-hydrogen) atoms. The van der Waals surface area contributed by atoms with Crippen LogP contribution in [0.5, 0.6) is 23.0 Å². The van der Waals surface area contributed by atoms with Crippen molar-refractivity contribution in [3.05, 3.63) is 15.7 Å². The predicted octanol–water partition coefficient (Wildman–Crippen LogP) is 2.68. The Morgan fingerprint density at radius 2 is 1.45 bits per heavy atom. The van der Waals surface area contributed by atoms with E-state index in [1.807, 2.05) is 0 Å². The van der Waals surface area contributed by atoms with E-state index in [2.05, 4.69) is 0 Å². The third-order valence-electron chi connectivity index (χ3n) is 4.64. The molecule has 0 aromatic heterocycles. The molecule has 0 amide bonds. The van der Waals surface area contributed by atoms with Gasteiger partial charge in [-0.1, -0.05) is 0 Å². The van der Waals surface area contributed by atoms with Crippen molar-refractivity contribution < 1.29 is 41.9 Å². The van der Waals surface area contributed by atoms with Crippen LogP contribution >= 0.6 is 0 Å². The number of hydrogen-bond donors (Lipinski definition) is 0. The Balaban J connectivity index is 3.04. The minimum atomic E-state index is -2.63. The second-order valence-electron chi connectivity index (χ2n) is 6.17. The summed E-state index contributed by atoms with van der Waals surface area (Å²) in [7, 11) is 6.75. The van der Waals surface area contributed by atoms with E-state index >= 15 is 0 Å². The molecule has 0 saturated heterocycles. The van der Waals surface area contributed by atoms with E-state index in [0.29, 0.717) is 26.2 Å². The van der Waals surface area contributed by atoms with Crippen molar-refractivity contribution in [2.45, 2.75) is 25.5 Å². The average Bonchev–Trinajstić information content (AvgIpc) is 2.78. The van der Waals surface area contributed by atoms with E-state index < -0.39 is 13.7 Å². The van der Waals surface area contributed by atoms with Gasteiger partial charge in [-0.05, 0) is 0 Å².